The number of hydrogen-bond donors (Lipinski definition) is 0. The van der Waals surface area contributed by atoms with Crippen molar-refractivity contribution < 1.29 is 47.0 Å². The van der Waals surface area contributed by atoms with Gasteiger partial charge in [-0.15, -0.1) is 0 Å². The summed E-state index contributed by atoms with van der Waals surface area (Å²) in [4.78, 5) is 58.0. The molecule has 17 heteroatoms. The molecule has 0 aliphatic heterocycles. The zero-order valence-electron chi connectivity index (χ0n) is 9.99. The molecular formula is C2H6Ca3O10P4. The molecular weight excluding hydrogens is 428 g/mol. The van der Waals surface area contributed by atoms with Crippen LogP contribution in [0.25, 0.3) is 0 Å². The monoisotopic (exact) mass is 434 g/mol. The molecule has 100 valence electrons. The van der Waals surface area contributed by atoms with E-state index in [0.717, 1.165) is 14.2 Å². The summed E-state index contributed by atoms with van der Waals surface area (Å²) in [7, 11) is -8.87. The van der Waals surface area contributed by atoms with Gasteiger partial charge >= 0.3 is 113 Å². The minimum atomic E-state index is -3.05. The predicted molar refractivity (Wildman–Crippen MR) is 61.1 cm³/mol. The summed E-state index contributed by atoms with van der Waals surface area (Å²) in [5, 5.41) is 0. The van der Waals surface area contributed by atoms with Crippen LogP contribution in [-0.4, -0.2) is 127 Å². The van der Waals surface area contributed by atoms with Crippen molar-refractivity contribution in [3.63, 3.8) is 0 Å². The van der Waals surface area contributed by atoms with Gasteiger partial charge in [0, 0.05) is 14.2 Å². The molecule has 0 radical (unpaired) electrons. The van der Waals surface area contributed by atoms with E-state index >= 15 is 0 Å². The second kappa shape index (κ2) is 25.3. The van der Waals surface area contributed by atoms with Crippen LogP contribution < -0.4 is 29.4 Å². The van der Waals surface area contributed by atoms with Crippen molar-refractivity contribution in [3.05, 3.63) is 0 Å². The third-order valence-electron chi connectivity index (χ3n) is 0.565. The molecule has 0 rings (SSSR count). The van der Waals surface area contributed by atoms with Gasteiger partial charge in [0.2, 0.25) is 0 Å². The fourth-order valence-electron chi connectivity index (χ4n) is 0.176. The smallest absolute Gasteiger partial charge is 0.820 e. The number of hydrogen-bond acceptors (Lipinski definition) is 10. The summed E-state index contributed by atoms with van der Waals surface area (Å²) in [6.07, 6.45) is 0. The van der Waals surface area contributed by atoms with Crippen molar-refractivity contribution in [3.8, 4) is 0 Å². The molecule has 0 aromatic heterocycles. The Labute approximate surface area is 205 Å². The van der Waals surface area contributed by atoms with Gasteiger partial charge in [0.25, 0.3) is 0 Å². The fraction of sp³-hybridized carbons (Fsp3) is 1.00. The van der Waals surface area contributed by atoms with E-state index in [0.29, 0.717) is 0 Å². The third-order valence-corrected chi connectivity index (χ3v) is 3.29. The van der Waals surface area contributed by atoms with Crippen LogP contribution in [0.15, 0.2) is 0 Å². The summed E-state index contributed by atoms with van der Waals surface area (Å²) in [5.74, 6) is 0. The molecule has 0 amide bonds. The summed E-state index contributed by atoms with van der Waals surface area (Å²) in [5.41, 5.74) is 0. The maximum atomic E-state index is 9.94. The van der Waals surface area contributed by atoms with Crippen LogP contribution in [0.2, 0.25) is 0 Å². The Balaban J connectivity index is -0.0000000594. The molecule has 19 heavy (non-hydrogen) atoms. The molecule has 10 nitrogen and oxygen atoms in total. The van der Waals surface area contributed by atoms with Crippen molar-refractivity contribution in [2.75, 3.05) is 14.2 Å². The van der Waals surface area contributed by atoms with Gasteiger partial charge in [-0.25, -0.2) is 0 Å². The van der Waals surface area contributed by atoms with Crippen LogP contribution in [0.4, 0.5) is 0 Å². The predicted octanol–water partition coefficient (Wildman–Crippen LogP) is -4.77. The SMILES string of the molecule is COP([O-])OP([O-])[O-].COP([O-])OP([O-])[O-].[Ca+2].[Ca+2].[Ca+2]. The van der Waals surface area contributed by atoms with Crippen molar-refractivity contribution >= 4 is 148 Å². The van der Waals surface area contributed by atoms with Gasteiger partial charge in [-0.05, 0) is 0 Å². The van der Waals surface area contributed by atoms with Crippen LogP contribution in [0.5, 0.6) is 0 Å². The third kappa shape index (κ3) is 35.2. The quantitative estimate of drug-likeness (QED) is 0.291. The van der Waals surface area contributed by atoms with Crippen LogP contribution in [-0.2, 0) is 17.7 Å². The van der Waals surface area contributed by atoms with Crippen molar-refractivity contribution in [2.24, 2.45) is 0 Å². The first-order valence-corrected chi connectivity index (χ1v) is 7.39. The maximum Gasteiger partial charge on any atom is 2.00 e. The summed E-state index contributed by atoms with van der Waals surface area (Å²) in [6, 6.07) is 0. The molecule has 2 atom stereocenters. The molecule has 0 bridgehead atoms. The van der Waals surface area contributed by atoms with Crippen LogP contribution in [0, 0.1) is 0 Å². The van der Waals surface area contributed by atoms with Crippen molar-refractivity contribution in [1.82, 2.24) is 0 Å². The summed E-state index contributed by atoms with van der Waals surface area (Å²) in [6.45, 7) is 0. The van der Waals surface area contributed by atoms with E-state index in [1.165, 1.54) is 0 Å². The first kappa shape index (κ1) is 35.3. The first-order chi connectivity index (χ1) is 7.33. The van der Waals surface area contributed by atoms with Gasteiger partial charge in [0.1, 0.15) is 0 Å². The Bertz CT molecular complexity index is 141. The van der Waals surface area contributed by atoms with Gasteiger partial charge in [0.05, 0.1) is 17.2 Å². The Hall–Kier alpha value is 5.10. The van der Waals surface area contributed by atoms with Crippen molar-refractivity contribution in [1.29, 1.82) is 0 Å². The fourth-order valence-corrected chi connectivity index (χ4v) is 1.58. The molecule has 0 saturated carbocycles. The Morgan fingerprint density at radius 2 is 0.789 bits per heavy atom. The minimum Gasteiger partial charge on any atom is -0.820 e. The first-order valence-electron chi connectivity index (χ1n) is 3.01. The average Bonchev–Trinajstić information content (AvgIpc) is 2.16. The molecule has 0 saturated heterocycles. The second-order valence-electron chi connectivity index (χ2n) is 1.42. The number of rotatable bonds is 6. The molecule has 0 N–H and O–H groups in total. The van der Waals surface area contributed by atoms with Crippen LogP contribution in [0.3, 0.4) is 0 Å². The molecule has 0 spiro atoms. The van der Waals surface area contributed by atoms with Gasteiger partial charge in [-0.3, -0.25) is 0 Å². The molecule has 0 aliphatic rings. The van der Waals surface area contributed by atoms with E-state index in [2.05, 4.69) is 17.7 Å². The van der Waals surface area contributed by atoms with E-state index in [1.54, 1.807) is 0 Å². The molecule has 2 unspecified atom stereocenters. The molecule has 0 aliphatic carbocycles. The standard InChI is InChI=1S/2CH3O5P2.3Ca/c2*1-5-8(4)6-7(2)3;;;/h2*1H3;;;/q2*-3;3*+2. The second-order valence-corrected chi connectivity index (χ2v) is 5.25. The molecule has 0 fully saturated rings. The summed E-state index contributed by atoms with van der Waals surface area (Å²) < 4.78 is 15.2. The summed E-state index contributed by atoms with van der Waals surface area (Å²) >= 11 is 0. The minimum absolute atomic E-state index is 0. The van der Waals surface area contributed by atoms with E-state index in [-0.39, 0.29) is 113 Å². The van der Waals surface area contributed by atoms with Crippen LogP contribution >= 0.6 is 34.4 Å². The molecule has 0 heterocycles. The van der Waals surface area contributed by atoms with Gasteiger partial charge in [-0.2, -0.15) is 17.2 Å². The van der Waals surface area contributed by atoms with Gasteiger partial charge in [0.15, 0.2) is 0 Å². The average molecular weight is 434 g/mol. The topological polar surface area (TPSA) is 175 Å². The van der Waals surface area contributed by atoms with Crippen molar-refractivity contribution in [2.45, 2.75) is 0 Å². The Morgan fingerprint density at radius 1 is 0.579 bits per heavy atom. The maximum absolute atomic E-state index is 9.94. The van der Waals surface area contributed by atoms with Crippen LogP contribution in [0.1, 0.15) is 0 Å². The van der Waals surface area contributed by atoms with E-state index in [1.807, 2.05) is 0 Å². The van der Waals surface area contributed by atoms with Gasteiger partial charge in [-0.1, -0.05) is 0 Å². The zero-order valence-corrected chi connectivity index (χ0v) is 20.2. The van der Waals surface area contributed by atoms with E-state index < -0.39 is 34.4 Å². The normalized spacial score (nSPS) is 12.3. The Morgan fingerprint density at radius 3 is 0.842 bits per heavy atom. The van der Waals surface area contributed by atoms with Gasteiger partial charge < -0.3 is 47.0 Å². The largest absolute Gasteiger partial charge is 2.00 e. The zero-order chi connectivity index (χ0) is 13.1. The van der Waals surface area contributed by atoms with E-state index in [9.17, 15) is 29.4 Å². The Kier molecular flexibility index (Phi) is 47.0. The van der Waals surface area contributed by atoms with E-state index in [4.69, 9.17) is 0 Å². The molecule has 0 aromatic carbocycles. The molecule has 0 aromatic rings.